The van der Waals surface area contributed by atoms with E-state index in [1.807, 2.05) is 42.2 Å². The fourth-order valence-electron chi connectivity index (χ4n) is 2.78. The molecule has 1 aromatic heterocycles. The van der Waals surface area contributed by atoms with Gasteiger partial charge in [0.15, 0.2) is 0 Å². The van der Waals surface area contributed by atoms with Gasteiger partial charge in [0, 0.05) is 17.1 Å². The Morgan fingerprint density at radius 2 is 2.18 bits per heavy atom. The minimum Gasteiger partial charge on any atom is -0.494 e. The summed E-state index contributed by atoms with van der Waals surface area (Å²) in [5.74, 6) is 0.818. The van der Waals surface area contributed by atoms with Gasteiger partial charge in [-0.25, -0.2) is 4.79 Å². The molecule has 1 atom stereocenters. The molecule has 1 saturated heterocycles. The summed E-state index contributed by atoms with van der Waals surface area (Å²) in [7, 11) is 0. The second-order valence-corrected chi connectivity index (χ2v) is 6.23. The van der Waals surface area contributed by atoms with Crippen molar-refractivity contribution < 1.29 is 9.53 Å². The second-order valence-electron chi connectivity index (χ2n) is 5.25. The van der Waals surface area contributed by atoms with E-state index in [0.29, 0.717) is 6.61 Å². The first-order valence-corrected chi connectivity index (χ1v) is 8.50. The van der Waals surface area contributed by atoms with Gasteiger partial charge in [0.05, 0.1) is 12.6 Å². The summed E-state index contributed by atoms with van der Waals surface area (Å²) < 4.78 is 5.41. The van der Waals surface area contributed by atoms with Crippen molar-refractivity contribution in [1.29, 1.82) is 0 Å². The summed E-state index contributed by atoms with van der Waals surface area (Å²) in [4.78, 5) is 15.7. The fourth-order valence-corrected chi connectivity index (χ4v) is 3.66. The lowest BCUT2D eigenvalue weighted by atomic mass is 10.2. The highest BCUT2D eigenvalue weighted by Gasteiger charge is 2.30. The molecule has 2 heterocycles. The molecular formula is C17H20N2O2S. The first-order chi connectivity index (χ1) is 10.8. The molecule has 0 radical (unpaired) electrons. The Kier molecular flexibility index (Phi) is 4.63. The van der Waals surface area contributed by atoms with Crippen molar-refractivity contribution >= 4 is 23.1 Å². The van der Waals surface area contributed by atoms with Crippen LogP contribution < -0.4 is 10.1 Å². The Hall–Kier alpha value is -2.01. The molecule has 2 aromatic rings. The number of nitrogens with one attached hydrogen (secondary N) is 1. The molecule has 1 aromatic carbocycles. The number of hydrogen-bond donors (Lipinski definition) is 1. The van der Waals surface area contributed by atoms with Crippen molar-refractivity contribution in [2.45, 2.75) is 25.8 Å². The molecule has 1 N–H and O–H groups in total. The van der Waals surface area contributed by atoms with Gasteiger partial charge < -0.3 is 15.0 Å². The van der Waals surface area contributed by atoms with Gasteiger partial charge in [-0.1, -0.05) is 6.07 Å². The van der Waals surface area contributed by atoms with Gasteiger partial charge >= 0.3 is 6.03 Å². The number of amides is 2. The average Bonchev–Trinajstić information content (AvgIpc) is 3.20. The fraction of sp³-hybridized carbons (Fsp3) is 0.353. The van der Waals surface area contributed by atoms with Gasteiger partial charge in [-0.05, 0) is 55.5 Å². The van der Waals surface area contributed by atoms with Crippen LogP contribution in [0.15, 0.2) is 41.8 Å². The maximum absolute atomic E-state index is 12.5. The first kappa shape index (κ1) is 14.9. The number of thiophene rings is 1. The van der Waals surface area contributed by atoms with Crippen LogP contribution in [-0.2, 0) is 0 Å². The number of ether oxygens (including phenoxy) is 1. The molecule has 116 valence electrons. The predicted molar refractivity (Wildman–Crippen MR) is 89.6 cm³/mol. The molecule has 5 heteroatoms. The number of carbonyl (C=O) groups is 1. The lowest BCUT2D eigenvalue weighted by Crippen LogP contribution is -2.34. The molecule has 1 unspecified atom stereocenters. The van der Waals surface area contributed by atoms with Crippen molar-refractivity contribution in [1.82, 2.24) is 4.90 Å². The summed E-state index contributed by atoms with van der Waals surface area (Å²) in [6.45, 7) is 3.40. The zero-order valence-corrected chi connectivity index (χ0v) is 13.4. The number of urea groups is 1. The van der Waals surface area contributed by atoms with E-state index in [2.05, 4.69) is 16.8 Å². The van der Waals surface area contributed by atoms with Crippen molar-refractivity contribution in [3.8, 4) is 5.75 Å². The Labute approximate surface area is 134 Å². The predicted octanol–water partition coefficient (Wildman–Crippen LogP) is 4.52. The van der Waals surface area contributed by atoms with Crippen molar-refractivity contribution in [3.63, 3.8) is 0 Å². The van der Waals surface area contributed by atoms with Gasteiger partial charge in [0.1, 0.15) is 5.75 Å². The summed E-state index contributed by atoms with van der Waals surface area (Å²) >= 11 is 1.72. The van der Waals surface area contributed by atoms with E-state index in [1.165, 1.54) is 4.88 Å². The van der Waals surface area contributed by atoms with Crippen molar-refractivity contribution in [2.75, 3.05) is 18.5 Å². The van der Waals surface area contributed by atoms with E-state index < -0.39 is 0 Å². The molecule has 4 nitrogen and oxygen atoms in total. The topological polar surface area (TPSA) is 41.6 Å². The normalized spacial score (nSPS) is 17.5. The van der Waals surface area contributed by atoms with Crippen molar-refractivity contribution in [2.24, 2.45) is 0 Å². The quantitative estimate of drug-likeness (QED) is 0.901. The summed E-state index contributed by atoms with van der Waals surface area (Å²) in [5, 5.41) is 5.05. The van der Waals surface area contributed by atoms with Crippen LogP contribution in [-0.4, -0.2) is 24.1 Å². The molecule has 3 rings (SSSR count). The van der Waals surface area contributed by atoms with Crippen LogP contribution >= 0.6 is 11.3 Å². The third-order valence-corrected chi connectivity index (χ3v) is 4.78. The van der Waals surface area contributed by atoms with E-state index in [1.54, 1.807) is 11.3 Å². The molecule has 1 aliphatic heterocycles. The van der Waals surface area contributed by atoms with Crippen molar-refractivity contribution in [3.05, 3.63) is 46.7 Å². The monoisotopic (exact) mass is 316 g/mol. The Morgan fingerprint density at radius 3 is 2.86 bits per heavy atom. The van der Waals surface area contributed by atoms with Crippen LogP contribution in [0.5, 0.6) is 5.75 Å². The minimum absolute atomic E-state index is 0.0277. The molecule has 1 aliphatic rings. The molecule has 0 saturated carbocycles. The molecule has 0 bridgehead atoms. The van der Waals surface area contributed by atoms with Crippen LogP contribution in [0.3, 0.4) is 0 Å². The number of likely N-dealkylation sites (tertiary alicyclic amines) is 1. The molecular weight excluding hydrogens is 296 g/mol. The number of nitrogens with zero attached hydrogens (tertiary/aromatic N) is 1. The zero-order valence-electron chi connectivity index (χ0n) is 12.6. The average molecular weight is 316 g/mol. The van der Waals surface area contributed by atoms with E-state index in [9.17, 15) is 4.79 Å². The molecule has 22 heavy (non-hydrogen) atoms. The van der Waals surface area contributed by atoms with Crippen LogP contribution in [0.1, 0.15) is 30.7 Å². The Balaban J connectivity index is 1.66. The zero-order chi connectivity index (χ0) is 15.4. The van der Waals surface area contributed by atoms with E-state index in [-0.39, 0.29) is 12.1 Å². The molecule has 1 fully saturated rings. The highest BCUT2D eigenvalue weighted by molar-refractivity contribution is 7.10. The minimum atomic E-state index is -0.0277. The highest BCUT2D eigenvalue weighted by atomic mass is 32.1. The van der Waals surface area contributed by atoms with Gasteiger partial charge in [-0.3, -0.25) is 0 Å². The number of rotatable bonds is 4. The second kappa shape index (κ2) is 6.83. The highest BCUT2D eigenvalue weighted by Crippen LogP contribution is 2.34. The molecule has 0 spiro atoms. The summed E-state index contributed by atoms with van der Waals surface area (Å²) in [5.41, 5.74) is 0.797. The third-order valence-electron chi connectivity index (χ3n) is 3.80. The molecule has 0 aliphatic carbocycles. The largest absolute Gasteiger partial charge is 0.494 e. The number of anilines is 1. The van der Waals surface area contributed by atoms with Crippen LogP contribution in [0.2, 0.25) is 0 Å². The lowest BCUT2D eigenvalue weighted by molar-refractivity contribution is 0.208. The summed E-state index contributed by atoms with van der Waals surface area (Å²) in [6, 6.07) is 11.8. The van der Waals surface area contributed by atoms with Gasteiger partial charge in [-0.15, -0.1) is 11.3 Å². The van der Waals surface area contributed by atoms with Gasteiger partial charge in [0.2, 0.25) is 0 Å². The maximum atomic E-state index is 12.5. The smallest absolute Gasteiger partial charge is 0.322 e. The van der Waals surface area contributed by atoms with E-state index in [0.717, 1.165) is 30.8 Å². The Bertz CT molecular complexity index is 610. The van der Waals surface area contributed by atoms with Crippen LogP contribution in [0.4, 0.5) is 10.5 Å². The third kappa shape index (κ3) is 3.25. The van der Waals surface area contributed by atoms with Crippen LogP contribution in [0, 0.1) is 0 Å². The Morgan fingerprint density at radius 1 is 1.36 bits per heavy atom. The van der Waals surface area contributed by atoms with Gasteiger partial charge in [-0.2, -0.15) is 0 Å². The van der Waals surface area contributed by atoms with E-state index >= 15 is 0 Å². The standard InChI is InChI=1S/C17H20N2O2S/c1-2-21-14-9-7-13(8-10-14)18-17(20)19-11-3-5-15(19)16-6-4-12-22-16/h4,6-10,12,15H,2-3,5,11H2,1H3,(H,18,20). The van der Waals surface area contributed by atoms with Crippen LogP contribution in [0.25, 0.3) is 0 Å². The van der Waals surface area contributed by atoms with Gasteiger partial charge in [0.25, 0.3) is 0 Å². The number of hydrogen-bond acceptors (Lipinski definition) is 3. The number of benzene rings is 1. The first-order valence-electron chi connectivity index (χ1n) is 7.62. The molecule has 2 amide bonds. The number of carbonyl (C=O) groups excluding carboxylic acids is 1. The lowest BCUT2D eigenvalue weighted by Gasteiger charge is -2.24. The SMILES string of the molecule is CCOc1ccc(NC(=O)N2CCCC2c2cccs2)cc1. The van der Waals surface area contributed by atoms with E-state index in [4.69, 9.17) is 4.74 Å². The maximum Gasteiger partial charge on any atom is 0.322 e. The summed E-state index contributed by atoms with van der Waals surface area (Å²) in [6.07, 6.45) is 2.09.